The van der Waals surface area contributed by atoms with E-state index >= 15 is 8.78 Å². The summed E-state index contributed by atoms with van der Waals surface area (Å²) in [6, 6.07) is 6.36. The van der Waals surface area contributed by atoms with Crippen LogP contribution in [0.15, 0.2) is 58.1 Å². The van der Waals surface area contributed by atoms with Crippen LogP contribution < -0.4 is 27.2 Å². The number of benzene rings is 2. The number of nitrogens with one attached hydrogen (secondary N) is 3. The molecule has 5 amide bonds. The van der Waals surface area contributed by atoms with Gasteiger partial charge in [0.05, 0.1) is 58.4 Å². The van der Waals surface area contributed by atoms with E-state index < -0.39 is 64.1 Å². The van der Waals surface area contributed by atoms with Gasteiger partial charge in [-0.25, -0.2) is 18.4 Å². The van der Waals surface area contributed by atoms with Gasteiger partial charge in [0.2, 0.25) is 11.8 Å². The molecule has 0 spiro atoms. The highest BCUT2D eigenvalue weighted by atomic mass is 19.1. The number of carboxylic acid groups (broad SMARTS) is 1. The highest BCUT2D eigenvalue weighted by molar-refractivity contribution is 6.13. The zero-order valence-electron chi connectivity index (χ0n) is 35.0. The summed E-state index contributed by atoms with van der Waals surface area (Å²) in [4.78, 5) is 98.0. The van der Waals surface area contributed by atoms with Crippen LogP contribution in [0.3, 0.4) is 0 Å². The Bertz CT molecular complexity index is 2250. The average molecular weight is 885 g/mol. The Hall–Kier alpha value is -6.42. The molecule has 19 nitrogen and oxygen atoms in total. The van der Waals surface area contributed by atoms with Crippen molar-refractivity contribution in [3.8, 4) is 11.1 Å². The standard InChI is InChI=1S/C42H50F2N6O13/c1-26-37(40(56)49(3)42(59)48(26)2)29-6-4-27(5-7-29)24-32(41(57)58)47-39(55)38-30(43)22-28(23-31(38)44)25-46-34(52)11-14-60-16-18-62-20-21-63-19-17-61-15-12-45-33(51)10-13-50-35(53)8-9-36(50)54/h4-9,22-23,32H,10-21,24-25H2,1-3H3,(H,45,51)(H,46,52)(H,47,55)(H,57,58). The van der Waals surface area contributed by atoms with Gasteiger partial charge in [0.15, 0.2) is 0 Å². The number of carbonyl (C=O) groups excluding carboxylic acids is 5. The third-order valence-electron chi connectivity index (χ3n) is 9.68. The van der Waals surface area contributed by atoms with Gasteiger partial charge in [-0.1, -0.05) is 24.3 Å². The summed E-state index contributed by atoms with van der Waals surface area (Å²) in [5, 5.41) is 17.1. The smallest absolute Gasteiger partial charge is 0.330 e. The first kappa shape index (κ1) is 49.2. The number of carbonyl (C=O) groups is 6. The molecule has 21 heteroatoms. The predicted octanol–water partition coefficient (Wildman–Crippen LogP) is 0.267. The zero-order chi connectivity index (χ0) is 46.1. The van der Waals surface area contributed by atoms with E-state index in [0.717, 1.165) is 33.8 Å². The van der Waals surface area contributed by atoms with Gasteiger partial charge >= 0.3 is 11.7 Å². The Kier molecular flexibility index (Phi) is 19.0. The summed E-state index contributed by atoms with van der Waals surface area (Å²) in [5.74, 6) is -6.93. The summed E-state index contributed by atoms with van der Waals surface area (Å²) in [5.41, 5.74) is -0.356. The van der Waals surface area contributed by atoms with Gasteiger partial charge < -0.3 is 44.6 Å². The highest BCUT2D eigenvalue weighted by Crippen LogP contribution is 2.21. The molecule has 0 saturated carbocycles. The Labute approximate surface area is 359 Å². The monoisotopic (exact) mass is 884 g/mol. The summed E-state index contributed by atoms with van der Waals surface area (Å²) in [7, 11) is 2.88. The van der Waals surface area contributed by atoms with E-state index in [-0.39, 0.29) is 89.0 Å². The van der Waals surface area contributed by atoms with Gasteiger partial charge in [-0.2, -0.15) is 0 Å². The number of ether oxygens (including phenoxy) is 4. The number of rotatable bonds is 26. The van der Waals surface area contributed by atoms with Crippen molar-refractivity contribution in [1.82, 2.24) is 30.0 Å². The van der Waals surface area contributed by atoms with Gasteiger partial charge in [-0.15, -0.1) is 0 Å². The molecule has 0 bridgehead atoms. The number of nitrogens with zero attached hydrogens (tertiary/aromatic N) is 3. The molecule has 340 valence electrons. The normalized spacial score (nSPS) is 12.7. The molecule has 2 aromatic carbocycles. The fourth-order valence-electron chi connectivity index (χ4n) is 6.13. The SMILES string of the molecule is Cc1c(-c2ccc(CC(NC(=O)c3c(F)cc(CNC(=O)CCOCCOCCOCCOCCNC(=O)CCN4C(=O)C=CC4=O)cc3F)C(=O)O)cc2)c(=O)n(C)c(=O)n1C. The van der Waals surface area contributed by atoms with Crippen LogP contribution in [0, 0.1) is 18.6 Å². The average Bonchev–Trinajstić information content (AvgIpc) is 3.57. The molecule has 0 saturated heterocycles. The molecule has 1 atom stereocenters. The molecule has 63 heavy (non-hydrogen) atoms. The number of aliphatic carboxylic acids is 1. The number of hydrogen-bond acceptors (Lipinski definition) is 12. The van der Waals surface area contributed by atoms with E-state index in [2.05, 4.69) is 16.0 Å². The van der Waals surface area contributed by atoms with Crippen molar-refractivity contribution in [2.75, 3.05) is 65.9 Å². The first-order chi connectivity index (χ1) is 30.1. The lowest BCUT2D eigenvalue weighted by atomic mass is 10.00. The van der Waals surface area contributed by atoms with E-state index in [9.17, 15) is 43.5 Å². The molecular formula is C42H50F2N6O13. The van der Waals surface area contributed by atoms with Gasteiger partial charge in [0, 0.05) is 70.8 Å². The molecule has 1 aromatic heterocycles. The molecule has 0 radical (unpaired) electrons. The van der Waals surface area contributed by atoms with Crippen LogP contribution in [-0.2, 0) is 70.0 Å². The molecule has 0 fully saturated rings. The largest absolute Gasteiger partial charge is 0.480 e. The lowest BCUT2D eigenvalue weighted by Gasteiger charge is -2.16. The van der Waals surface area contributed by atoms with Crippen molar-refractivity contribution in [2.24, 2.45) is 14.1 Å². The van der Waals surface area contributed by atoms with Crippen molar-refractivity contribution in [1.29, 1.82) is 0 Å². The second kappa shape index (κ2) is 24.3. The fraction of sp³-hybridized carbons (Fsp3) is 0.429. The van der Waals surface area contributed by atoms with E-state index in [4.69, 9.17) is 18.9 Å². The molecular weight excluding hydrogens is 834 g/mol. The van der Waals surface area contributed by atoms with Crippen molar-refractivity contribution < 1.29 is 61.6 Å². The van der Waals surface area contributed by atoms with Crippen molar-refractivity contribution in [2.45, 2.75) is 38.8 Å². The summed E-state index contributed by atoms with van der Waals surface area (Å²) in [6.07, 6.45) is 2.00. The topological polar surface area (TPSA) is 243 Å². The molecule has 4 rings (SSSR count). The molecule has 0 aliphatic carbocycles. The van der Waals surface area contributed by atoms with Crippen LogP contribution in [0.4, 0.5) is 8.78 Å². The van der Waals surface area contributed by atoms with E-state index in [1.807, 2.05) is 0 Å². The number of imide groups is 1. The lowest BCUT2D eigenvalue weighted by molar-refractivity contribution is -0.139. The highest BCUT2D eigenvalue weighted by Gasteiger charge is 2.26. The summed E-state index contributed by atoms with van der Waals surface area (Å²) >= 11 is 0. The Morgan fingerprint density at radius 1 is 0.714 bits per heavy atom. The minimum atomic E-state index is -1.57. The zero-order valence-corrected chi connectivity index (χ0v) is 35.0. The Balaban J connectivity index is 1.06. The van der Waals surface area contributed by atoms with Crippen LogP contribution in [0.25, 0.3) is 11.1 Å². The second-order valence-electron chi connectivity index (χ2n) is 14.1. The van der Waals surface area contributed by atoms with Crippen molar-refractivity contribution in [3.63, 3.8) is 0 Å². The van der Waals surface area contributed by atoms with Crippen LogP contribution in [0.1, 0.15) is 40.0 Å². The minimum Gasteiger partial charge on any atom is -0.480 e. The molecule has 1 aliphatic heterocycles. The number of amides is 5. The second-order valence-corrected chi connectivity index (χ2v) is 14.1. The first-order valence-corrected chi connectivity index (χ1v) is 19.8. The first-order valence-electron chi connectivity index (χ1n) is 19.8. The van der Waals surface area contributed by atoms with Crippen molar-refractivity contribution in [3.05, 3.63) is 103 Å². The van der Waals surface area contributed by atoms with Crippen LogP contribution in [-0.4, -0.2) is 127 Å². The van der Waals surface area contributed by atoms with Gasteiger partial charge in [0.1, 0.15) is 23.2 Å². The molecule has 3 aromatic rings. The maximum Gasteiger partial charge on any atom is 0.330 e. The number of hydrogen-bond donors (Lipinski definition) is 4. The van der Waals surface area contributed by atoms with E-state index in [1.165, 1.54) is 18.7 Å². The third-order valence-corrected chi connectivity index (χ3v) is 9.68. The van der Waals surface area contributed by atoms with Gasteiger partial charge in [-0.3, -0.25) is 38.2 Å². The Morgan fingerprint density at radius 3 is 1.83 bits per heavy atom. The summed E-state index contributed by atoms with van der Waals surface area (Å²) < 4.78 is 53.9. The molecule has 1 unspecified atom stereocenters. The van der Waals surface area contributed by atoms with Crippen LogP contribution >= 0.6 is 0 Å². The van der Waals surface area contributed by atoms with Gasteiger partial charge in [-0.05, 0) is 35.7 Å². The quantitative estimate of drug-likeness (QED) is 0.0626. The van der Waals surface area contributed by atoms with E-state index in [1.54, 1.807) is 31.2 Å². The predicted molar refractivity (Wildman–Crippen MR) is 219 cm³/mol. The molecule has 4 N–H and O–H groups in total. The fourth-order valence-corrected chi connectivity index (χ4v) is 6.13. The lowest BCUT2D eigenvalue weighted by Crippen LogP contribution is -2.43. The summed E-state index contributed by atoms with van der Waals surface area (Å²) in [6.45, 7) is 3.52. The molecule has 1 aliphatic rings. The van der Waals surface area contributed by atoms with Crippen molar-refractivity contribution >= 4 is 35.5 Å². The number of aromatic nitrogens is 2. The number of halogens is 2. The van der Waals surface area contributed by atoms with Gasteiger partial charge in [0.25, 0.3) is 23.3 Å². The maximum absolute atomic E-state index is 15.0. The third kappa shape index (κ3) is 14.6. The Morgan fingerprint density at radius 2 is 1.25 bits per heavy atom. The van der Waals surface area contributed by atoms with E-state index in [0.29, 0.717) is 36.6 Å². The number of carboxylic acids is 1. The maximum atomic E-state index is 15.0. The van der Waals surface area contributed by atoms with Crippen LogP contribution in [0.2, 0.25) is 0 Å². The minimum absolute atomic E-state index is 0.00310. The molecule has 2 heterocycles. The van der Waals surface area contributed by atoms with Crippen LogP contribution in [0.5, 0.6) is 0 Å².